The van der Waals surface area contributed by atoms with Crippen LogP contribution < -0.4 is 0 Å². The van der Waals surface area contributed by atoms with E-state index in [1.165, 1.54) is 62.4 Å². The lowest BCUT2D eigenvalue weighted by Crippen LogP contribution is -2.32. The van der Waals surface area contributed by atoms with Crippen LogP contribution in [0.25, 0.3) is 0 Å². The van der Waals surface area contributed by atoms with Crippen molar-refractivity contribution < 1.29 is 81.7 Å². The number of unbranched alkanes of at least 4 members (excludes halogenated alkanes) is 17. The molecule has 2 aliphatic carbocycles. The van der Waals surface area contributed by atoms with Crippen molar-refractivity contribution in [3.63, 3.8) is 0 Å². The molecule has 0 bridgehead atoms. The number of benzene rings is 3. The third-order valence-corrected chi connectivity index (χ3v) is 17.6. The van der Waals surface area contributed by atoms with Gasteiger partial charge in [-0.1, -0.05) is 188 Å². The van der Waals surface area contributed by atoms with Crippen LogP contribution in [0.2, 0.25) is 0 Å². The van der Waals surface area contributed by atoms with Gasteiger partial charge in [-0.25, -0.2) is 14.4 Å². The summed E-state index contributed by atoms with van der Waals surface area (Å²) in [7, 11) is 0. The van der Waals surface area contributed by atoms with Gasteiger partial charge in [-0.05, 0) is 178 Å². The van der Waals surface area contributed by atoms with Gasteiger partial charge in [0.15, 0.2) is 12.6 Å². The van der Waals surface area contributed by atoms with E-state index >= 15 is 0 Å². The van der Waals surface area contributed by atoms with Gasteiger partial charge in [0.05, 0.1) is 74.4 Å². The van der Waals surface area contributed by atoms with Crippen molar-refractivity contribution in [2.24, 2.45) is 23.7 Å². The molecule has 0 amide bonds. The van der Waals surface area contributed by atoms with Crippen LogP contribution in [0.15, 0.2) is 127 Å². The van der Waals surface area contributed by atoms with Crippen molar-refractivity contribution in [2.75, 3.05) is 39.6 Å². The number of esters is 5. The van der Waals surface area contributed by atoms with Gasteiger partial charge in [0.25, 0.3) is 0 Å². The van der Waals surface area contributed by atoms with Crippen molar-refractivity contribution in [2.45, 2.75) is 259 Å². The molecule has 0 heterocycles. The minimum Gasteiger partial charge on any atom is -0.502 e. The fourth-order valence-electron chi connectivity index (χ4n) is 11.9. The fourth-order valence-corrected chi connectivity index (χ4v) is 11.9. The summed E-state index contributed by atoms with van der Waals surface area (Å²) in [5.41, 5.74) is 4.38. The normalized spacial score (nSPS) is 16.2. The Balaban J connectivity index is 0.000000494. The lowest BCUT2D eigenvalue weighted by atomic mass is 9.76. The Morgan fingerprint density at radius 3 is 1.26 bits per heavy atom. The predicted octanol–water partition coefficient (Wildman–Crippen LogP) is 19.3. The summed E-state index contributed by atoms with van der Waals surface area (Å²) < 4.78 is 43.3. The number of ether oxygens (including phenoxy) is 8. The maximum atomic E-state index is 13.5. The molecule has 2 aliphatic rings. The number of hydrogen-bond acceptors (Lipinski definition) is 15. The minimum atomic E-state index is -0.719. The van der Waals surface area contributed by atoms with Crippen molar-refractivity contribution in [1.29, 1.82) is 0 Å². The first-order chi connectivity index (χ1) is 47.6. The molecule has 6 unspecified atom stereocenters. The van der Waals surface area contributed by atoms with Gasteiger partial charge < -0.3 is 48.1 Å². The van der Waals surface area contributed by atoms with Crippen LogP contribution >= 0.6 is 0 Å². The molecule has 5 rings (SSSR count). The first kappa shape index (κ1) is 85.1. The third-order valence-electron chi connectivity index (χ3n) is 17.6. The molecule has 17 heteroatoms. The molecule has 98 heavy (non-hydrogen) atoms. The monoisotopic (exact) mass is 1360 g/mol. The summed E-state index contributed by atoms with van der Waals surface area (Å²) in [6, 6.07) is 26.8. The van der Waals surface area contributed by atoms with Crippen LogP contribution in [0, 0.1) is 23.7 Å². The molecule has 0 aliphatic heterocycles. The van der Waals surface area contributed by atoms with Gasteiger partial charge in [0.2, 0.25) is 0 Å². The Bertz CT molecular complexity index is 2690. The Kier molecular flexibility index (Phi) is 48.4. The van der Waals surface area contributed by atoms with E-state index in [4.69, 9.17) is 43.0 Å². The van der Waals surface area contributed by atoms with E-state index in [0.29, 0.717) is 88.4 Å². The Labute approximate surface area is 586 Å². The van der Waals surface area contributed by atoms with E-state index in [9.17, 15) is 38.7 Å². The van der Waals surface area contributed by atoms with E-state index in [2.05, 4.69) is 32.6 Å². The number of carboxylic acids is 2. The van der Waals surface area contributed by atoms with Crippen LogP contribution in [-0.2, 0) is 57.1 Å². The third kappa shape index (κ3) is 41.3. The van der Waals surface area contributed by atoms with Gasteiger partial charge in [0, 0.05) is 12.8 Å². The zero-order chi connectivity index (χ0) is 71.1. The molecular formula is C81H120O17. The minimum absolute atomic E-state index is 0.171. The van der Waals surface area contributed by atoms with Crippen LogP contribution in [0.4, 0.5) is 0 Å². The van der Waals surface area contributed by atoms with Crippen LogP contribution in [0.1, 0.15) is 277 Å². The van der Waals surface area contributed by atoms with Gasteiger partial charge in [-0.2, -0.15) is 0 Å². The van der Waals surface area contributed by atoms with Gasteiger partial charge in [-0.3, -0.25) is 19.2 Å². The van der Waals surface area contributed by atoms with E-state index in [1.54, 1.807) is 74.5 Å². The van der Waals surface area contributed by atoms with Crippen LogP contribution in [-0.4, -0.2) is 104 Å². The second-order valence-electron chi connectivity index (χ2n) is 25.8. The van der Waals surface area contributed by atoms with Crippen molar-refractivity contribution in [3.8, 4) is 0 Å². The van der Waals surface area contributed by atoms with Crippen LogP contribution in [0.5, 0.6) is 0 Å². The highest BCUT2D eigenvalue weighted by atomic mass is 16.7. The number of rotatable bonds is 51. The van der Waals surface area contributed by atoms with Gasteiger partial charge >= 0.3 is 41.8 Å². The summed E-state index contributed by atoms with van der Waals surface area (Å²) in [5.74, 6) is -2.60. The largest absolute Gasteiger partial charge is 0.502 e. The molecule has 2 N–H and O–H groups in total. The number of aliphatic carboxylic acids is 2. The zero-order valence-electron chi connectivity index (χ0n) is 59.9. The lowest BCUT2D eigenvalue weighted by Gasteiger charge is -2.31. The number of carbonyl (C=O) groups excluding carboxylic acids is 5. The van der Waals surface area contributed by atoms with Crippen LogP contribution in [0.3, 0.4) is 0 Å². The van der Waals surface area contributed by atoms with Crippen molar-refractivity contribution >= 4 is 41.8 Å². The molecule has 6 atom stereocenters. The quantitative estimate of drug-likeness (QED) is 0.0133. The SMILES string of the molecule is C=COCCCCOC(=O)c1ccccc1.CCCCCCC1=CCC(CCCCCCCC(=O)O)C(C(=O)O)C1.CCCCCCC1=CCC(CCCCCCCC(=O)OC(C)OCCCCOC(=O)c2ccccc2)C(C(=O)OC(C)OCCCCOC(=O)c2ccccc2)C1. The highest BCUT2D eigenvalue weighted by Crippen LogP contribution is 2.38. The number of hydrogen-bond donors (Lipinski definition) is 2. The molecule has 0 spiro atoms. The molecule has 546 valence electrons. The standard InChI is InChI=1S/C47H68O10.C21H36O4.C13H16O3/c1-4-5-6-12-23-39-30-31-40(43(36-39)47(51)57-38(3)53-33-20-22-35-55-46(50)42-27-16-11-17-28-42)24-13-8-7-9-18-29-44(48)56-37(2)52-32-19-21-34-54-45(49)41-25-14-10-15-26-41;1-2-3-4-8-11-17-14-15-18(19(16-17)21(24)25)12-9-6-5-7-10-13-20(22)23;1-2-15-10-6-7-11-16-13(14)12-8-4-3-5-9-12/h10-11,14-17,25-28,30,37-38,40,43H,4-9,12-13,18-24,29,31-36H2,1-3H3;14,18-19H,2-13,15-16H2,1H3,(H,22,23)(H,24,25);2-5,8-9H,1,6-7,10-11H2. The Hall–Kier alpha value is -7.11. The first-order valence-corrected chi connectivity index (χ1v) is 37.0. The highest BCUT2D eigenvalue weighted by Gasteiger charge is 2.34. The van der Waals surface area contributed by atoms with E-state index in [0.717, 1.165) is 135 Å². The van der Waals surface area contributed by atoms with Crippen molar-refractivity contribution in [3.05, 3.63) is 144 Å². The van der Waals surface area contributed by atoms with E-state index in [-0.39, 0.29) is 59.9 Å². The van der Waals surface area contributed by atoms with Gasteiger partial charge in [-0.15, -0.1) is 0 Å². The molecule has 17 nitrogen and oxygen atoms in total. The summed E-state index contributed by atoms with van der Waals surface area (Å²) in [5, 5.41) is 18.2. The predicted molar refractivity (Wildman–Crippen MR) is 383 cm³/mol. The average molecular weight is 1370 g/mol. The molecule has 0 saturated heterocycles. The molecule has 0 fully saturated rings. The number of allylic oxidation sites excluding steroid dienone is 4. The molecule has 3 aromatic rings. The first-order valence-electron chi connectivity index (χ1n) is 37.0. The maximum Gasteiger partial charge on any atom is 0.338 e. The fraction of sp³-hybridized carbons (Fsp3) is 0.617. The van der Waals surface area contributed by atoms with E-state index in [1.807, 2.05) is 30.3 Å². The highest BCUT2D eigenvalue weighted by molar-refractivity contribution is 5.90. The second-order valence-corrected chi connectivity index (χ2v) is 25.8. The Morgan fingerprint density at radius 1 is 0.449 bits per heavy atom. The summed E-state index contributed by atoms with van der Waals surface area (Å²) in [6.07, 6.45) is 36.6. The summed E-state index contributed by atoms with van der Waals surface area (Å²) in [6.45, 7) is 13.8. The number of carbonyl (C=O) groups is 7. The van der Waals surface area contributed by atoms with E-state index < -0.39 is 24.5 Å². The number of carboxylic acid groups (broad SMARTS) is 2. The molecule has 3 aromatic carbocycles. The Morgan fingerprint density at radius 2 is 0.827 bits per heavy atom. The molecular weight excluding hydrogens is 1240 g/mol. The second kappa shape index (κ2) is 55.7. The molecule has 0 aromatic heterocycles. The van der Waals surface area contributed by atoms with Gasteiger partial charge in [0.1, 0.15) is 0 Å². The molecule has 0 saturated carbocycles. The lowest BCUT2D eigenvalue weighted by molar-refractivity contribution is -0.182. The molecule has 0 radical (unpaired) electrons. The average Bonchev–Trinajstić information content (AvgIpc) is 0.882. The smallest absolute Gasteiger partial charge is 0.338 e. The summed E-state index contributed by atoms with van der Waals surface area (Å²) >= 11 is 0. The topological polar surface area (TPSA) is 234 Å². The van der Waals surface area contributed by atoms with Crippen molar-refractivity contribution in [1.82, 2.24) is 0 Å². The zero-order valence-corrected chi connectivity index (χ0v) is 59.9. The maximum absolute atomic E-state index is 13.5. The summed E-state index contributed by atoms with van der Waals surface area (Å²) in [4.78, 5) is 83.5.